The lowest BCUT2D eigenvalue weighted by Crippen LogP contribution is -2.07. The lowest BCUT2D eigenvalue weighted by molar-refractivity contribution is 0.113. The Morgan fingerprint density at radius 2 is 2.10 bits per heavy atom. The number of benzene rings is 1. The number of imidazole rings is 2. The first-order valence-corrected chi connectivity index (χ1v) is 7.03. The van der Waals surface area contributed by atoms with Gasteiger partial charge in [-0.1, -0.05) is 23.7 Å². The van der Waals surface area contributed by atoms with Gasteiger partial charge >= 0.3 is 0 Å². The molecule has 1 N–H and O–H groups in total. The number of hydrogen-bond donors (Lipinski definition) is 1. The second-order valence-electron chi connectivity index (χ2n) is 4.59. The fourth-order valence-electron chi connectivity index (χ4n) is 2.05. The lowest BCUT2D eigenvalue weighted by Gasteiger charge is -2.08. The highest BCUT2D eigenvalue weighted by Crippen LogP contribution is 2.13. The molecule has 1 aromatic carbocycles. The topological polar surface area (TPSA) is 55.7 Å². The highest BCUT2D eigenvalue weighted by molar-refractivity contribution is 6.30. The predicted molar refractivity (Wildman–Crippen MR) is 80.9 cm³/mol. The van der Waals surface area contributed by atoms with Gasteiger partial charge in [-0.05, 0) is 17.7 Å². The van der Waals surface area contributed by atoms with Crippen LogP contribution in [0.25, 0.3) is 11.5 Å². The highest BCUT2D eigenvalue weighted by Gasteiger charge is 2.06. The zero-order valence-electron chi connectivity index (χ0n) is 11.4. The molecule has 3 aromatic rings. The van der Waals surface area contributed by atoms with Crippen molar-refractivity contribution in [1.29, 1.82) is 0 Å². The van der Waals surface area contributed by atoms with E-state index < -0.39 is 0 Å². The van der Waals surface area contributed by atoms with Crippen LogP contribution in [0.1, 0.15) is 5.56 Å². The van der Waals surface area contributed by atoms with Crippen LogP contribution >= 0.6 is 11.6 Å². The first-order valence-electron chi connectivity index (χ1n) is 6.65. The van der Waals surface area contributed by atoms with Gasteiger partial charge in [-0.3, -0.25) is 0 Å². The minimum atomic E-state index is 0.575. The molecule has 0 bridgehead atoms. The lowest BCUT2D eigenvalue weighted by atomic mass is 10.2. The maximum absolute atomic E-state index is 5.85. The average Bonchev–Trinajstić information content (AvgIpc) is 3.16. The molecule has 0 radical (unpaired) electrons. The zero-order chi connectivity index (χ0) is 14.5. The van der Waals surface area contributed by atoms with Crippen molar-refractivity contribution < 1.29 is 4.74 Å². The zero-order valence-corrected chi connectivity index (χ0v) is 12.1. The van der Waals surface area contributed by atoms with Crippen LogP contribution in [0, 0.1) is 0 Å². The van der Waals surface area contributed by atoms with E-state index >= 15 is 0 Å². The highest BCUT2D eigenvalue weighted by atomic mass is 35.5. The standard InChI is InChI=1S/C15H15ClN4O/c16-13-3-1-12(2-4-13)10-21-8-7-20-6-5-18-15(20)14-9-17-11-19-14/h1-6,9,11H,7-8,10H2,(H,17,19). The number of nitrogens with zero attached hydrogens (tertiary/aromatic N) is 3. The van der Waals surface area contributed by atoms with Crippen LogP contribution in [0.3, 0.4) is 0 Å². The van der Waals surface area contributed by atoms with Gasteiger partial charge in [0.05, 0.1) is 25.7 Å². The molecular weight excluding hydrogens is 288 g/mol. The molecule has 0 aliphatic rings. The predicted octanol–water partition coefficient (Wildman–Crippen LogP) is 3.14. The molecule has 0 atom stereocenters. The van der Waals surface area contributed by atoms with Gasteiger partial charge in [0.15, 0.2) is 5.82 Å². The molecule has 3 rings (SSSR count). The third-order valence-corrected chi connectivity index (χ3v) is 3.37. The molecule has 0 saturated heterocycles. The molecule has 5 nitrogen and oxygen atoms in total. The van der Waals surface area contributed by atoms with E-state index in [4.69, 9.17) is 16.3 Å². The first kappa shape index (κ1) is 13.9. The van der Waals surface area contributed by atoms with Crippen molar-refractivity contribution in [3.05, 3.63) is 59.8 Å². The van der Waals surface area contributed by atoms with Crippen LogP contribution in [0.5, 0.6) is 0 Å². The molecule has 2 heterocycles. The number of aromatic amines is 1. The van der Waals surface area contributed by atoms with Crippen molar-refractivity contribution in [2.45, 2.75) is 13.2 Å². The number of nitrogens with one attached hydrogen (secondary N) is 1. The molecule has 0 saturated carbocycles. The normalized spacial score (nSPS) is 10.9. The molecule has 6 heteroatoms. The van der Waals surface area contributed by atoms with Crippen LogP contribution in [-0.4, -0.2) is 26.1 Å². The van der Waals surface area contributed by atoms with E-state index in [9.17, 15) is 0 Å². The molecule has 21 heavy (non-hydrogen) atoms. The summed E-state index contributed by atoms with van der Waals surface area (Å²) in [5.74, 6) is 0.864. The summed E-state index contributed by atoms with van der Waals surface area (Å²) in [6.45, 7) is 1.92. The summed E-state index contributed by atoms with van der Waals surface area (Å²) in [6, 6.07) is 7.67. The summed E-state index contributed by atoms with van der Waals surface area (Å²) >= 11 is 5.85. The molecule has 0 aliphatic carbocycles. The van der Waals surface area contributed by atoms with Gasteiger partial charge < -0.3 is 14.3 Å². The molecule has 0 amide bonds. The summed E-state index contributed by atoms with van der Waals surface area (Å²) < 4.78 is 7.72. The van der Waals surface area contributed by atoms with Crippen LogP contribution < -0.4 is 0 Å². The number of ether oxygens (including phenoxy) is 1. The van der Waals surface area contributed by atoms with E-state index in [-0.39, 0.29) is 0 Å². The summed E-state index contributed by atoms with van der Waals surface area (Å²) in [7, 11) is 0. The van der Waals surface area contributed by atoms with Crippen molar-refractivity contribution in [1.82, 2.24) is 19.5 Å². The van der Waals surface area contributed by atoms with Crippen LogP contribution in [-0.2, 0) is 17.9 Å². The maximum Gasteiger partial charge on any atom is 0.158 e. The quantitative estimate of drug-likeness (QED) is 0.712. The van der Waals surface area contributed by atoms with E-state index in [1.807, 2.05) is 35.0 Å². The Kier molecular flexibility index (Phi) is 4.33. The third kappa shape index (κ3) is 3.51. The van der Waals surface area contributed by atoms with E-state index in [2.05, 4.69) is 15.0 Å². The minimum Gasteiger partial charge on any atom is -0.375 e. The molecule has 0 spiro atoms. The van der Waals surface area contributed by atoms with E-state index in [1.54, 1.807) is 18.7 Å². The number of hydrogen-bond acceptors (Lipinski definition) is 3. The number of H-pyrrole nitrogens is 1. The minimum absolute atomic E-state index is 0.575. The smallest absolute Gasteiger partial charge is 0.158 e. The van der Waals surface area contributed by atoms with Crippen molar-refractivity contribution in [3.8, 4) is 11.5 Å². The second kappa shape index (κ2) is 6.56. The largest absolute Gasteiger partial charge is 0.375 e. The monoisotopic (exact) mass is 302 g/mol. The van der Waals surface area contributed by atoms with Crippen LogP contribution in [0.2, 0.25) is 5.02 Å². The summed E-state index contributed by atoms with van der Waals surface area (Å²) in [5.41, 5.74) is 2.01. The van der Waals surface area contributed by atoms with Crippen molar-refractivity contribution >= 4 is 11.6 Å². The Bertz CT molecular complexity index is 676. The fraction of sp³-hybridized carbons (Fsp3) is 0.200. The Morgan fingerprint density at radius 1 is 1.24 bits per heavy atom. The maximum atomic E-state index is 5.85. The third-order valence-electron chi connectivity index (χ3n) is 3.11. The van der Waals surface area contributed by atoms with Crippen molar-refractivity contribution in [3.63, 3.8) is 0 Å². The van der Waals surface area contributed by atoms with Crippen LogP contribution in [0.4, 0.5) is 0 Å². The van der Waals surface area contributed by atoms with E-state index in [0.29, 0.717) is 13.2 Å². The average molecular weight is 303 g/mol. The van der Waals surface area contributed by atoms with Crippen LogP contribution in [0.15, 0.2) is 49.2 Å². The molecule has 108 valence electrons. The van der Waals surface area contributed by atoms with Gasteiger partial charge in [0, 0.05) is 24.0 Å². The first-order chi connectivity index (χ1) is 10.3. The number of rotatable bonds is 6. The Balaban J connectivity index is 1.52. The van der Waals surface area contributed by atoms with Gasteiger partial charge in [-0.25, -0.2) is 9.97 Å². The molecular formula is C15H15ClN4O. The molecule has 0 fully saturated rings. The SMILES string of the molecule is Clc1ccc(COCCn2ccnc2-c2cnc[nH]2)cc1. The van der Waals surface area contributed by atoms with Gasteiger partial charge in [0.25, 0.3) is 0 Å². The summed E-state index contributed by atoms with van der Waals surface area (Å²) in [5, 5.41) is 0.737. The second-order valence-corrected chi connectivity index (χ2v) is 5.03. The fourth-order valence-corrected chi connectivity index (χ4v) is 2.17. The summed E-state index contributed by atoms with van der Waals surface area (Å²) in [4.78, 5) is 11.4. The van der Waals surface area contributed by atoms with E-state index in [0.717, 1.165) is 28.6 Å². The van der Waals surface area contributed by atoms with Gasteiger partial charge in [0.1, 0.15) is 5.69 Å². The number of halogens is 1. The van der Waals surface area contributed by atoms with Crippen molar-refractivity contribution in [2.24, 2.45) is 0 Å². The van der Waals surface area contributed by atoms with Gasteiger partial charge in [-0.2, -0.15) is 0 Å². The molecule has 0 aliphatic heterocycles. The van der Waals surface area contributed by atoms with Gasteiger partial charge in [0.2, 0.25) is 0 Å². The Labute approximate surface area is 127 Å². The Morgan fingerprint density at radius 3 is 2.86 bits per heavy atom. The number of aromatic nitrogens is 4. The summed E-state index contributed by atoms with van der Waals surface area (Å²) in [6.07, 6.45) is 7.11. The molecule has 2 aromatic heterocycles. The van der Waals surface area contributed by atoms with E-state index in [1.165, 1.54) is 0 Å². The molecule has 0 unspecified atom stereocenters. The van der Waals surface area contributed by atoms with Crippen molar-refractivity contribution in [2.75, 3.05) is 6.61 Å². The Hall–Kier alpha value is -2.11. The van der Waals surface area contributed by atoms with Gasteiger partial charge in [-0.15, -0.1) is 0 Å².